The molecule has 10 heteroatoms. The van der Waals surface area contributed by atoms with E-state index in [-0.39, 0.29) is 23.2 Å². The molecule has 0 unspecified atom stereocenters. The molecular formula is C21H21F3N6O. The fourth-order valence-corrected chi connectivity index (χ4v) is 4.07. The molecule has 4 N–H and O–H groups in total. The third-order valence-corrected chi connectivity index (χ3v) is 5.69. The smallest absolute Gasteiger partial charge is 0.338 e. The zero-order chi connectivity index (χ0) is 22.2. The first-order chi connectivity index (χ1) is 14.8. The zero-order valence-corrected chi connectivity index (χ0v) is 16.5. The molecule has 3 aromatic rings. The van der Waals surface area contributed by atoms with Crippen LogP contribution in [0.2, 0.25) is 0 Å². The minimum Gasteiger partial charge on any atom is -0.338 e. The Morgan fingerprint density at radius 2 is 1.94 bits per heavy atom. The summed E-state index contributed by atoms with van der Waals surface area (Å²) in [5.41, 5.74) is 5.94. The molecule has 0 amide bonds. The predicted molar refractivity (Wildman–Crippen MR) is 111 cm³/mol. The van der Waals surface area contributed by atoms with Gasteiger partial charge in [-0.2, -0.15) is 18.3 Å². The number of benzene rings is 1. The standard InChI is InChI=1S/C21H21F3N6O/c1-26-14-4-2-3-5-15(14)30-16-10-11-27-20(31)17(16)19(29-30)28-13-8-6-12(7-9-13)18(25)21(22,23)24/h6-11,14-15,18H,2-5,25H2,(H,27,31)(H,28,29)/t14-,15-,18+/m0/s1. The number of aromatic nitrogens is 3. The van der Waals surface area contributed by atoms with Crippen LogP contribution in [0.4, 0.5) is 24.7 Å². The molecule has 2 aromatic heterocycles. The van der Waals surface area contributed by atoms with E-state index in [9.17, 15) is 18.0 Å². The van der Waals surface area contributed by atoms with Gasteiger partial charge in [-0.3, -0.25) is 9.48 Å². The van der Waals surface area contributed by atoms with Crippen molar-refractivity contribution in [2.24, 2.45) is 5.73 Å². The first kappa shape index (κ1) is 20.9. The molecule has 1 aliphatic rings. The summed E-state index contributed by atoms with van der Waals surface area (Å²) < 4.78 is 40.2. The monoisotopic (exact) mass is 430 g/mol. The Bertz CT molecular complexity index is 1180. The summed E-state index contributed by atoms with van der Waals surface area (Å²) in [6.45, 7) is 7.52. The van der Waals surface area contributed by atoms with Gasteiger partial charge in [0, 0.05) is 18.3 Å². The summed E-state index contributed by atoms with van der Waals surface area (Å²) in [5, 5.41) is 7.98. The first-order valence-electron chi connectivity index (χ1n) is 9.95. The molecule has 0 radical (unpaired) electrons. The summed E-state index contributed by atoms with van der Waals surface area (Å²) >= 11 is 0. The summed E-state index contributed by atoms with van der Waals surface area (Å²) in [4.78, 5) is 18.9. The Kier molecular flexibility index (Phi) is 5.45. The fraction of sp³-hybridized carbons (Fsp3) is 0.381. The topological polar surface area (TPSA) is 93.1 Å². The van der Waals surface area contributed by atoms with E-state index in [2.05, 4.69) is 20.2 Å². The van der Waals surface area contributed by atoms with Gasteiger partial charge in [-0.15, -0.1) is 0 Å². The number of nitrogens with one attached hydrogen (secondary N) is 2. The van der Waals surface area contributed by atoms with Gasteiger partial charge in [-0.05, 0) is 36.6 Å². The van der Waals surface area contributed by atoms with E-state index in [0.717, 1.165) is 25.7 Å². The van der Waals surface area contributed by atoms with Gasteiger partial charge in [0.1, 0.15) is 17.5 Å². The number of fused-ring (bicyclic) bond motifs is 1. The van der Waals surface area contributed by atoms with Crippen LogP contribution in [-0.2, 0) is 0 Å². The quantitative estimate of drug-likeness (QED) is 0.534. The van der Waals surface area contributed by atoms with Crippen molar-refractivity contribution < 1.29 is 13.2 Å². The highest BCUT2D eigenvalue weighted by atomic mass is 19.4. The molecule has 0 aliphatic heterocycles. The molecule has 0 saturated heterocycles. The Labute approximate surface area is 175 Å². The largest absolute Gasteiger partial charge is 0.407 e. The maximum Gasteiger partial charge on any atom is 0.407 e. The average molecular weight is 430 g/mol. The number of pyridine rings is 1. The van der Waals surface area contributed by atoms with Gasteiger partial charge in [-0.1, -0.05) is 18.6 Å². The normalized spacial score (nSPS) is 20.4. The van der Waals surface area contributed by atoms with Gasteiger partial charge in [-0.25, -0.2) is 6.57 Å². The summed E-state index contributed by atoms with van der Waals surface area (Å²) in [6.07, 6.45) is 0.542. The minimum atomic E-state index is -4.53. The van der Waals surface area contributed by atoms with Gasteiger partial charge >= 0.3 is 6.18 Å². The fourth-order valence-electron chi connectivity index (χ4n) is 4.07. The number of alkyl halides is 3. The molecule has 1 aromatic carbocycles. The maximum absolute atomic E-state index is 12.8. The highest BCUT2D eigenvalue weighted by Crippen LogP contribution is 2.35. The highest BCUT2D eigenvalue weighted by Gasteiger charge is 2.38. The second kappa shape index (κ2) is 8.07. The van der Waals surface area contributed by atoms with Gasteiger partial charge in [0.15, 0.2) is 5.82 Å². The van der Waals surface area contributed by atoms with Crippen LogP contribution in [0, 0.1) is 6.57 Å². The van der Waals surface area contributed by atoms with Crippen molar-refractivity contribution in [2.75, 3.05) is 5.32 Å². The van der Waals surface area contributed by atoms with Crippen LogP contribution in [0.1, 0.15) is 43.3 Å². The van der Waals surface area contributed by atoms with Crippen molar-refractivity contribution in [1.29, 1.82) is 0 Å². The number of hydrogen-bond donors (Lipinski definition) is 3. The van der Waals surface area contributed by atoms with Crippen molar-refractivity contribution in [3.63, 3.8) is 0 Å². The molecule has 31 heavy (non-hydrogen) atoms. The van der Waals surface area contributed by atoms with Gasteiger partial charge < -0.3 is 20.9 Å². The number of H-pyrrole nitrogens is 1. The third-order valence-electron chi connectivity index (χ3n) is 5.69. The van der Waals surface area contributed by atoms with E-state index in [0.29, 0.717) is 22.4 Å². The molecule has 1 fully saturated rings. The summed E-state index contributed by atoms with van der Waals surface area (Å²) in [7, 11) is 0. The second-order valence-electron chi connectivity index (χ2n) is 7.67. The zero-order valence-electron chi connectivity index (χ0n) is 16.5. The summed E-state index contributed by atoms with van der Waals surface area (Å²) in [5.74, 6) is 0.291. The molecule has 7 nitrogen and oxygen atoms in total. The number of nitrogens with zero attached hydrogens (tertiary/aromatic N) is 3. The average Bonchev–Trinajstić information content (AvgIpc) is 3.12. The molecule has 4 rings (SSSR count). The van der Waals surface area contributed by atoms with Crippen LogP contribution in [-0.4, -0.2) is 27.0 Å². The summed E-state index contributed by atoms with van der Waals surface area (Å²) in [6, 6.07) is 4.83. The van der Waals surface area contributed by atoms with Crippen LogP contribution >= 0.6 is 0 Å². The number of aromatic amines is 1. The lowest BCUT2D eigenvalue weighted by Gasteiger charge is -2.24. The second-order valence-corrected chi connectivity index (χ2v) is 7.67. The third kappa shape index (κ3) is 4.01. The molecule has 3 atom stereocenters. The minimum absolute atomic E-state index is 0.0617. The Balaban J connectivity index is 1.70. The lowest BCUT2D eigenvalue weighted by Crippen LogP contribution is -2.28. The first-order valence-corrected chi connectivity index (χ1v) is 9.95. The van der Waals surface area contributed by atoms with E-state index in [1.54, 1.807) is 10.7 Å². The Morgan fingerprint density at radius 3 is 2.61 bits per heavy atom. The number of anilines is 2. The van der Waals surface area contributed by atoms with Crippen LogP contribution in [0.3, 0.4) is 0 Å². The molecular weight excluding hydrogens is 409 g/mol. The van der Waals surface area contributed by atoms with Crippen molar-refractivity contribution in [1.82, 2.24) is 14.8 Å². The molecule has 162 valence electrons. The maximum atomic E-state index is 12.8. The van der Waals surface area contributed by atoms with Crippen LogP contribution in [0.25, 0.3) is 15.7 Å². The van der Waals surface area contributed by atoms with Gasteiger partial charge in [0.2, 0.25) is 6.04 Å². The Morgan fingerprint density at radius 1 is 1.23 bits per heavy atom. The van der Waals surface area contributed by atoms with Crippen molar-refractivity contribution in [2.45, 2.75) is 50.0 Å². The van der Waals surface area contributed by atoms with Crippen LogP contribution in [0.15, 0.2) is 41.3 Å². The van der Waals surface area contributed by atoms with Crippen molar-refractivity contribution in [3.8, 4) is 0 Å². The molecule has 0 spiro atoms. The van der Waals surface area contributed by atoms with Crippen molar-refractivity contribution >= 4 is 22.4 Å². The molecule has 1 saturated carbocycles. The predicted octanol–water partition coefficient (Wildman–Crippen LogP) is 4.43. The van der Waals surface area contributed by atoms with Crippen LogP contribution < -0.4 is 16.6 Å². The number of halogens is 3. The lowest BCUT2D eigenvalue weighted by atomic mass is 9.91. The molecule has 0 bridgehead atoms. The number of rotatable bonds is 4. The molecule has 2 heterocycles. The van der Waals surface area contributed by atoms with E-state index in [1.807, 2.05) is 0 Å². The highest BCUT2D eigenvalue weighted by molar-refractivity contribution is 5.91. The van der Waals surface area contributed by atoms with Crippen molar-refractivity contribution in [3.05, 3.63) is 63.9 Å². The Hall–Kier alpha value is -3.32. The van der Waals surface area contributed by atoms with E-state index in [4.69, 9.17) is 12.3 Å². The van der Waals surface area contributed by atoms with E-state index < -0.39 is 12.2 Å². The lowest BCUT2D eigenvalue weighted by molar-refractivity contribution is -0.149. The van der Waals surface area contributed by atoms with E-state index >= 15 is 0 Å². The number of hydrogen-bond acceptors (Lipinski definition) is 4. The van der Waals surface area contributed by atoms with Gasteiger partial charge in [0.05, 0.1) is 5.52 Å². The number of nitrogens with two attached hydrogens (primary N) is 1. The molecule has 1 aliphatic carbocycles. The van der Waals surface area contributed by atoms with Gasteiger partial charge in [0.25, 0.3) is 5.56 Å². The van der Waals surface area contributed by atoms with E-state index in [1.165, 1.54) is 30.5 Å². The van der Waals surface area contributed by atoms with Crippen LogP contribution in [0.5, 0.6) is 0 Å². The SMILES string of the molecule is [C-]#[N+][C@H]1CCCC[C@@H]1n1nc(Nc2ccc([C@@H](N)C(F)(F)F)cc2)c2c(=O)[nH]ccc21.